The second-order valence-corrected chi connectivity index (χ2v) is 12.1. The van der Waals surface area contributed by atoms with Crippen LogP contribution >= 0.6 is 0 Å². The molecule has 0 spiro atoms. The quantitative estimate of drug-likeness (QED) is 0.199. The molecule has 2 heterocycles. The molecular formula is C43H28N2. The predicted octanol–water partition coefficient (Wildman–Crippen LogP) is 11.1. The van der Waals surface area contributed by atoms with Gasteiger partial charge in [0.15, 0.2) is 0 Å². The van der Waals surface area contributed by atoms with Gasteiger partial charge in [0.2, 0.25) is 0 Å². The molecule has 0 atom stereocenters. The van der Waals surface area contributed by atoms with Gasteiger partial charge in [-0.25, -0.2) is 0 Å². The van der Waals surface area contributed by atoms with Crippen LogP contribution in [0.5, 0.6) is 0 Å². The summed E-state index contributed by atoms with van der Waals surface area (Å²) in [6.45, 7) is 0. The number of rotatable bonds is 3. The number of hydrogen-bond acceptors (Lipinski definition) is 0. The summed E-state index contributed by atoms with van der Waals surface area (Å²) in [6, 6.07) is 57.9. The first-order chi connectivity index (χ1) is 22.3. The van der Waals surface area contributed by atoms with Crippen LogP contribution in [0.15, 0.2) is 158 Å². The lowest BCUT2D eigenvalue weighted by molar-refractivity contribution is 1.17. The minimum Gasteiger partial charge on any atom is -0.309 e. The van der Waals surface area contributed by atoms with Crippen LogP contribution < -0.4 is 0 Å². The van der Waals surface area contributed by atoms with Crippen LogP contribution in [0.2, 0.25) is 0 Å². The summed E-state index contributed by atoms with van der Waals surface area (Å²) in [6.07, 6.45) is 1.01. The molecule has 210 valence electrons. The van der Waals surface area contributed by atoms with Gasteiger partial charge in [-0.3, -0.25) is 0 Å². The van der Waals surface area contributed by atoms with Crippen LogP contribution in [0.25, 0.3) is 77.2 Å². The van der Waals surface area contributed by atoms with E-state index in [4.69, 9.17) is 0 Å². The van der Waals surface area contributed by atoms with Gasteiger partial charge in [0, 0.05) is 32.9 Å². The van der Waals surface area contributed by atoms with E-state index in [0.29, 0.717) is 0 Å². The van der Waals surface area contributed by atoms with Crippen molar-refractivity contribution in [1.82, 2.24) is 9.13 Å². The van der Waals surface area contributed by atoms with E-state index in [0.717, 1.165) is 6.42 Å². The van der Waals surface area contributed by atoms with Crippen molar-refractivity contribution in [2.24, 2.45) is 0 Å². The maximum atomic E-state index is 2.45. The largest absolute Gasteiger partial charge is 0.309 e. The molecular weight excluding hydrogens is 544 g/mol. The number of nitrogens with zero attached hydrogens (tertiary/aromatic N) is 2. The monoisotopic (exact) mass is 572 g/mol. The highest BCUT2D eigenvalue weighted by atomic mass is 15.0. The Kier molecular flexibility index (Phi) is 5.09. The molecule has 0 N–H and O–H groups in total. The fourth-order valence-electron chi connectivity index (χ4n) is 7.78. The van der Waals surface area contributed by atoms with Crippen LogP contribution in [-0.2, 0) is 6.42 Å². The third-order valence-corrected chi connectivity index (χ3v) is 9.74. The molecule has 0 radical (unpaired) electrons. The van der Waals surface area contributed by atoms with Crippen molar-refractivity contribution in [2.45, 2.75) is 6.42 Å². The predicted molar refractivity (Wildman–Crippen MR) is 189 cm³/mol. The first-order valence-electron chi connectivity index (χ1n) is 15.7. The Labute approximate surface area is 261 Å². The van der Waals surface area contributed by atoms with Gasteiger partial charge in [0.1, 0.15) is 0 Å². The van der Waals surface area contributed by atoms with Crippen LogP contribution in [0.1, 0.15) is 11.1 Å². The van der Waals surface area contributed by atoms with Crippen molar-refractivity contribution in [3.63, 3.8) is 0 Å². The molecule has 2 heteroatoms. The standard InChI is InChI=1S/C43H28N2/c1-2-12-31(13-3-1)44-39-18-8-6-15-35(39)38-26-30(22-24-41(38)44)34-17-10-20-42-43(34)36-16-7-9-19-40(36)45(42)32-23-21-29-25-28-11-4-5-14-33(28)37(29)27-32/h1-24,26-27H,25H2. The van der Waals surface area contributed by atoms with Gasteiger partial charge in [-0.1, -0.05) is 103 Å². The van der Waals surface area contributed by atoms with Gasteiger partial charge in [-0.2, -0.15) is 0 Å². The summed E-state index contributed by atoms with van der Waals surface area (Å²) < 4.78 is 4.84. The van der Waals surface area contributed by atoms with E-state index in [9.17, 15) is 0 Å². The van der Waals surface area contributed by atoms with Crippen LogP contribution in [0, 0.1) is 0 Å². The summed E-state index contributed by atoms with van der Waals surface area (Å²) in [5.41, 5.74) is 15.3. The highest BCUT2D eigenvalue weighted by molar-refractivity contribution is 6.17. The van der Waals surface area contributed by atoms with Crippen molar-refractivity contribution >= 4 is 43.6 Å². The number of aromatic nitrogens is 2. The van der Waals surface area contributed by atoms with Gasteiger partial charge >= 0.3 is 0 Å². The second kappa shape index (κ2) is 9.32. The fraction of sp³-hybridized carbons (Fsp3) is 0.0233. The van der Waals surface area contributed by atoms with Gasteiger partial charge < -0.3 is 9.13 Å². The normalized spacial score (nSPS) is 12.4. The third kappa shape index (κ3) is 3.51. The van der Waals surface area contributed by atoms with Crippen molar-refractivity contribution in [2.75, 3.05) is 0 Å². The maximum absolute atomic E-state index is 2.45. The van der Waals surface area contributed by atoms with Gasteiger partial charge in [-0.05, 0) is 94.4 Å². The summed E-state index contributed by atoms with van der Waals surface area (Å²) in [5.74, 6) is 0. The van der Waals surface area contributed by atoms with Gasteiger partial charge in [-0.15, -0.1) is 0 Å². The average molecular weight is 573 g/mol. The summed E-state index contributed by atoms with van der Waals surface area (Å²) in [4.78, 5) is 0. The van der Waals surface area contributed by atoms with Gasteiger partial charge in [0.25, 0.3) is 0 Å². The van der Waals surface area contributed by atoms with Crippen molar-refractivity contribution in [1.29, 1.82) is 0 Å². The molecule has 9 aromatic rings. The number of benzene rings is 7. The molecule has 2 nitrogen and oxygen atoms in total. The molecule has 0 saturated heterocycles. The maximum Gasteiger partial charge on any atom is 0.0547 e. The molecule has 7 aromatic carbocycles. The Balaban J connectivity index is 1.22. The van der Waals surface area contributed by atoms with E-state index in [2.05, 4.69) is 167 Å². The summed E-state index contributed by atoms with van der Waals surface area (Å²) in [7, 11) is 0. The first-order valence-corrected chi connectivity index (χ1v) is 15.7. The van der Waals surface area contributed by atoms with Crippen LogP contribution in [0.3, 0.4) is 0 Å². The molecule has 45 heavy (non-hydrogen) atoms. The fourth-order valence-corrected chi connectivity index (χ4v) is 7.78. The second-order valence-electron chi connectivity index (χ2n) is 12.1. The zero-order chi connectivity index (χ0) is 29.5. The molecule has 0 fully saturated rings. The lowest BCUT2D eigenvalue weighted by atomic mass is 9.98. The molecule has 0 amide bonds. The highest BCUT2D eigenvalue weighted by Gasteiger charge is 2.21. The Hall–Kier alpha value is -5.86. The van der Waals surface area contributed by atoms with Gasteiger partial charge in [0.05, 0.1) is 22.1 Å². The van der Waals surface area contributed by atoms with E-state index >= 15 is 0 Å². The number of para-hydroxylation sites is 3. The molecule has 0 aliphatic heterocycles. The SMILES string of the molecule is c1ccc(-n2c3ccccc3c3cc(-c4cccc5c4c4ccccc4n5-c4ccc5c(c4)-c4ccccc4C5)ccc32)cc1. The average Bonchev–Trinajstić information content (AvgIpc) is 3.76. The Bertz CT molecular complexity index is 2620. The topological polar surface area (TPSA) is 9.86 Å². The zero-order valence-corrected chi connectivity index (χ0v) is 24.6. The molecule has 1 aliphatic carbocycles. The molecule has 0 saturated carbocycles. The lowest BCUT2D eigenvalue weighted by Crippen LogP contribution is -1.95. The molecule has 0 unspecified atom stereocenters. The Morgan fingerprint density at radius 3 is 1.89 bits per heavy atom. The first kappa shape index (κ1) is 24.6. The zero-order valence-electron chi connectivity index (χ0n) is 24.6. The van der Waals surface area contributed by atoms with E-state index < -0.39 is 0 Å². The van der Waals surface area contributed by atoms with Crippen LogP contribution in [-0.4, -0.2) is 9.13 Å². The number of fused-ring (bicyclic) bond motifs is 9. The molecule has 1 aliphatic rings. The lowest BCUT2D eigenvalue weighted by Gasteiger charge is -2.11. The minimum atomic E-state index is 1.01. The Morgan fingerprint density at radius 2 is 1.00 bits per heavy atom. The molecule has 10 rings (SSSR count). The van der Waals surface area contributed by atoms with Crippen molar-refractivity contribution in [3.8, 4) is 33.6 Å². The van der Waals surface area contributed by atoms with Crippen LogP contribution in [0.4, 0.5) is 0 Å². The molecule has 2 aromatic heterocycles. The van der Waals surface area contributed by atoms with E-state index in [1.807, 2.05) is 0 Å². The molecule has 0 bridgehead atoms. The number of hydrogen-bond donors (Lipinski definition) is 0. The third-order valence-electron chi connectivity index (χ3n) is 9.74. The van der Waals surface area contributed by atoms with E-state index in [-0.39, 0.29) is 0 Å². The van der Waals surface area contributed by atoms with E-state index in [1.165, 1.54) is 88.4 Å². The summed E-state index contributed by atoms with van der Waals surface area (Å²) in [5, 5.41) is 5.10. The summed E-state index contributed by atoms with van der Waals surface area (Å²) >= 11 is 0. The Morgan fingerprint density at radius 1 is 0.356 bits per heavy atom. The minimum absolute atomic E-state index is 1.01. The van der Waals surface area contributed by atoms with Crippen molar-refractivity contribution in [3.05, 3.63) is 169 Å². The smallest absolute Gasteiger partial charge is 0.0547 e. The van der Waals surface area contributed by atoms with Crippen molar-refractivity contribution < 1.29 is 0 Å². The van der Waals surface area contributed by atoms with E-state index in [1.54, 1.807) is 0 Å². The highest BCUT2D eigenvalue weighted by Crippen LogP contribution is 2.43.